The minimum Gasteiger partial charge on any atom is -0.451 e. The third-order valence-corrected chi connectivity index (χ3v) is 3.65. The van der Waals surface area contributed by atoms with Crippen LogP contribution in [0.2, 0.25) is 0 Å². The lowest BCUT2D eigenvalue weighted by Crippen LogP contribution is -2.23. The highest BCUT2D eigenvalue weighted by Crippen LogP contribution is 2.26. The van der Waals surface area contributed by atoms with Crippen molar-refractivity contribution >= 4 is 16.9 Å². The number of hydrogen-bond acceptors (Lipinski definition) is 3. The molecule has 1 N–H and O–H groups in total. The number of carbonyl (C=O) groups excluding carboxylic acids is 1. The third-order valence-electron chi connectivity index (χ3n) is 3.65. The standard InChI is InChI=1S/C19H19NO3/c1-2-22-13-16-15-10-6-7-11-17(15)23-18(16)19(21)20-12-14-8-4-3-5-9-14/h3-11H,2,12-13H2,1H3,(H,20,21). The van der Waals surface area contributed by atoms with Crippen molar-refractivity contribution in [1.82, 2.24) is 5.32 Å². The van der Waals surface area contributed by atoms with Gasteiger partial charge in [0.25, 0.3) is 5.91 Å². The number of hydrogen-bond donors (Lipinski definition) is 1. The number of ether oxygens (including phenoxy) is 1. The van der Waals surface area contributed by atoms with E-state index in [0.29, 0.717) is 31.1 Å². The van der Waals surface area contributed by atoms with Gasteiger partial charge in [0.2, 0.25) is 0 Å². The van der Waals surface area contributed by atoms with Crippen LogP contribution in [0.25, 0.3) is 11.0 Å². The van der Waals surface area contributed by atoms with E-state index in [1.54, 1.807) is 0 Å². The zero-order chi connectivity index (χ0) is 16.1. The van der Waals surface area contributed by atoms with Crippen LogP contribution in [0.3, 0.4) is 0 Å². The molecule has 23 heavy (non-hydrogen) atoms. The van der Waals surface area contributed by atoms with Crippen LogP contribution >= 0.6 is 0 Å². The molecule has 1 aromatic heterocycles. The van der Waals surface area contributed by atoms with Gasteiger partial charge in [0.05, 0.1) is 6.61 Å². The number of rotatable bonds is 6. The lowest BCUT2D eigenvalue weighted by atomic mass is 10.1. The van der Waals surface area contributed by atoms with Gasteiger partial charge in [-0.15, -0.1) is 0 Å². The second kappa shape index (κ2) is 7.11. The maximum atomic E-state index is 12.5. The number of carbonyl (C=O) groups is 1. The normalized spacial score (nSPS) is 10.8. The van der Waals surface area contributed by atoms with Gasteiger partial charge in [-0.2, -0.15) is 0 Å². The quantitative estimate of drug-likeness (QED) is 0.751. The first kappa shape index (κ1) is 15.3. The SMILES string of the molecule is CCOCc1c(C(=O)NCc2ccccc2)oc2ccccc12. The molecule has 0 saturated carbocycles. The molecule has 0 aliphatic rings. The minimum absolute atomic E-state index is 0.222. The fourth-order valence-corrected chi connectivity index (χ4v) is 2.49. The highest BCUT2D eigenvalue weighted by molar-refractivity contribution is 5.99. The highest BCUT2D eigenvalue weighted by Gasteiger charge is 2.20. The third kappa shape index (κ3) is 3.43. The van der Waals surface area contributed by atoms with Crippen molar-refractivity contribution < 1.29 is 13.9 Å². The summed E-state index contributed by atoms with van der Waals surface area (Å²) < 4.78 is 11.3. The molecule has 0 unspecified atom stereocenters. The first-order valence-electron chi connectivity index (χ1n) is 7.70. The van der Waals surface area contributed by atoms with Crippen molar-refractivity contribution in [2.45, 2.75) is 20.1 Å². The van der Waals surface area contributed by atoms with E-state index in [-0.39, 0.29) is 5.91 Å². The molecule has 0 fully saturated rings. The predicted molar refractivity (Wildman–Crippen MR) is 89.2 cm³/mol. The molecular weight excluding hydrogens is 290 g/mol. The minimum atomic E-state index is -0.222. The van der Waals surface area contributed by atoms with Gasteiger partial charge in [-0.1, -0.05) is 48.5 Å². The number of fused-ring (bicyclic) bond motifs is 1. The van der Waals surface area contributed by atoms with Gasteiger partial charge in [-0.05, 0) is 18.6 Å². The average Bonchev–Trinajstić information content (AvgIpc) is 2.97. The Morgan fingerprint density at radius 3 is 2.61 bits per heavy atom. The van der Waals surface area contributed by atoms with E-state index in [0.717, 1.165) is 16.5 Å². The molecule has 2 aromatic carbocycles. The van der Waals surface area contributed by atoms with Gasteiger partial charge < -0.3 is 14.5 Å². The molecule has 0 radical (unpaired) electrons. The Bertz CT molecular complexity index is 793. The molecule has 0 aliphatic carbocycles. The Hall–Kier alpha value is -2.59. The first-order valence-corrected chi connectivity index (χ1v) is 7.70. The van der Waals surface area contributed by atoms with Gasteiger partial charge in [-0.3, -0.25) is 4.79 Å². The first-order chi connectivity index (χ1) is 11.3. The molecule has 1 amide bonds. The number of benzene rings is 2. The molecule has 3 aromatic rings. The Labute approximate surface area is 135 Å². The summed E-state index contributed by atoms with van der Waals surface area (Å²) >= 11 is 0. The molecule has 0 spiro atoms. The molecule has 0 aliphatic heterocycles. The van der Waals surface area contributed by atoms with Crippen molar-refractivity contribution in [3.63, 3.8) is 0 Å². The number of amides is 1. The molecule has 1 heterocycles. The monoisotopic (exact) mass is 309 g/mol. The largest absolute Gasteiger partial charge is 0.451 e. The summed E-state index contributed by atoms with van der Waals surface area (Å²) in [4.78, 5) is 12.5. The van der Waals surface area contributed by atoms with E-state index in [1.165, 1.54) is 0 Å². The molecule has 0 saturated heterocycles. The molecule has 4 heteroatoms. The van der Waals surface area contributed by atoms with Crippen molar-refractivity contribution in [2.75, 3.05) is 6.61 Å². The summed E-state index contributed by atoms with van der Waals surface area (Å²) in [5, 5.41) is 3.83. The van der Waals surface area contributed by atoms with E-state index in [4.69, 9.17) is 9.15 Å². The van der Waals surface area contributed by atoms with Crippen LogP contribution in [0.15, 0.2) is 59.0 Å². The molecule has 3 rings (SSSR count). The number of furan rings is 1. The van der Waals surface area contributed by atoms with Crippen LogP contribution in [0, 0.1) is 0 Å². The maximum absolute atomic E-state index is 12.5. The Morgan fingerprint density at radius 1 is 1.09 bits per heavy atom. The fraction of sp³-hybridized carbons (Fsp3) is 0.211. The topological polar surface area (TPSA) is 51.5 Å². The highest BCUT2D eigenvalue weighted by atomic mass is 16.5. The lowest BCUT2D eigenvalue weighted by Gasteiger charge is -2.06. The van der Waals surface area contributed by atoms with Gasteiger partial charge in [0.15, 0.2) is 5.76 Å². The van der Waals surface area contributed by atoms with Crippen LogP contribution in [0.1, 0.15) is 28.6 Å². The summed E-state index contributed by atoms with van der Waals surface area (Å²) in [5.74, 6) is 0.107. The molecule has 0 bridgehead atoms. The Kier molecular flexibility index (Phi) is 4.74. The number of para-hydroxylation sites is 1. The van der Waals surface area contributed by atoms with Crippen LogP contribution in [-0.4, -0.2) is 12.5 Å². The van der Waals surface area contributed by atoms with Crippen molar-refractivity contribution in [2.24, 2.45) is 0 Å². The maximum Gasteiger partial charge on any atom is 0.287 e. The van der Waals surface area contributed by atoms with E-state index >= 15 is 0 Å². The van der Waals surface area contributed by atoms with Crippen LogP contribution in [0.4, 0.5) is 0 Å². The molecule has 0 atom stereocenters. The second-order valence-corrected chi connectivity index (χ2v) is 5.21. The van der Waals surface area contributed by atoms with Crippen molar-refractivity contribution in [1.29, 1.82) is 0 Å². The Balaban J connectivity index is 1.84. The average molecular weight is 309 g/mol. The van der Waals surface area contributed by atoms with Crippen molar-refractivity contribution in [3.8, 4) is 0 Å². The zero-order valence-corrected chi connectivity index (χ0v) is 13.0. The van der Waals surface area contributed by atoms with Gasteiger partial charge in [-0.25, -0.2) is 0 Å². The molecular formula is C19H19NO3. The van der Waals surface area contributed by atoms with Crippen molar-refractivity contribution in [3.05, 3.63) is 71.5 Å². The predicted octanol–water partition coefficient (Wildman–Crippen LogP) is 3.90. The Morgan fingerprint density at radius 2 is 1.83 bits per heavy atom. The molecule has 4 nitrogen and oxygen atoms in total. The van der Waals surface area contributed by atoms with E-state index < -0.39 is 0 Å². The summed E-state index contributed by atoms with van der Waals surface area (Å²) in [6, 6.07) is 17.4. The summed E-state index contributed by atoms with van der Waals surface area (Å²) in [5.41, 5.74) is 2.54. The second-order valence-electron chi connectivity index (χ2n) is 5.21. The fourth-order valence-electron chi connectivity index (χ4n) is 2.49. The zero-order valence-electron chi connectivity index (χ0n) is 13.0. The van der Waals surface area contributed by atoms with Gasteiger partial charge >= 0.3 is 0 Å². The van der Waals surface area contributed by atoms with Crippen LogP contribution < -0.4 is 5.32 Å². The van der Waals surface area contributed by atoms with Crippen LogP contribution in [0.5, 0.6) is 0 Å². The van der Waals surface area contributed by atoms with E-state index in [2.05, 4.69) is 5.32 Å². The summed E-state index contributed by atoms with van der Waals surface area (Å²) in [6.45, 7) is 3.34. The summed E-state index contributed by atoms with van der Waals surface area (Å²) in [7, 11) is 0. The van der Waals surface area contributed by atoms with Gasteiger partial charge in [0, 0.05) is 24.1 Å². The van der Waals surface area contributed by atoms with Crippen LogP contribution in [-0.2, 0) is 17.9 Å². The number of nitrogens with one attached hydrogen (secondary N) is 1. The molecule has 118 valence electrons. The summed E-state index contributed by atoms with van der Waals surface area (Å²) in [6.07, 6.45) is 0. The van der Waals surface area contributed by atoms with Gasteiger partial charge in [0.1, 0.15) is 5.58 Å². The lowest BCUT2D eigenvalue weighted by molar-refractivity contribution is 0.0912. The van der Waals surface area contributed by atoms with E-state index in [1.807, 2.05) is 61.5 Å². The van der Waals surface area contributed by atoms with E-state index in [9.17, 15) is 4.79 Å². The smallest absolute Gasteiger partial charge is 0.287 e.